The first kappa shape index (κ1) is 24.3. The number of rotatable bonds is 14. The van der Waals surface area contributed by atoms with Crippen LogP contribution >= 0.6 is 0 Å². The average molecular weight is 444 g/mol. The number of carbonyl (C=O) groups is 1. The predicted octanol–water partition coefficient (Wildman–Crippen LogP) is 5.67. The smallest absolute Gasteiger partial charge is 0.307 e. The van der Waals surface area contributed by atoms with Crippen LogP contribution in [0, 0.1) is 0 Å². The fourth-order valence-electron chi connectivity index (χ4n) is 3.55. The summed E-state index contributed by atoms with van der Waals surface area (Å²) in [5.41, 5.74) is 3.57. The lowest BCUT2D eigenvalue weighted by atomic mass is 10.1. The second kappa shape index (κ2) is 13.9. The number of hydrogen-bond acceptors (Lipinski definition) is 4. The van der Waals surface area contributed by atoms with Gasteiger partial charge in [-0.1, -0.05) is 78.9 Å². The minimum Gasteiger partial charge on any atom is -0.494 e. The van der Waals surface area contributed by atoms with Gasteiger partial charge in [0.15, 0.2) is 0 Å². The van der Waals surface area contributed by atoms with Crippen LogP contribution in [0.25, 0.3) is 0 Å². The second-order valence-corrected chi connectivity index (χ2v) is 7.99. The van der Waals surface area contributed by atoms with Crippen molar-refractivity contribution in [3.05, 3.63) is 114 Å². The molecule has 3 aromatic carbocycles. The van der Waals surface area contributed by atoms with Gasteiger partial charge in [-0.15, -0.1) is 6.58 Å². The number of esters is 1. The van der Waals surface area contributed by atoms with Crippen molar-refractivity contribution in [3.8, 4) is 5.75 Å². The molecule has 0 fully saturated rings. The molecule has 3 rings (SSSR count). The van der Waals surface area contributed by atoms with Crippen molar-refractivity contribution in [1.29, 1.82) is 0 Å². The number of nitrogens with zero attached hydrogens (tertiary/aromatic N) is 1. The van der Waals surface area contributed by atoms with Crippen molar-refractivity contribution >= 4 is 5.97 Å². The standard InChI is InChI=1S/C29H33NO3/c1-2-19-30(21-18-29(31)33-24-27-12-7-4-8-13-27)20-9-22-32-28-16-14-26(15-17-28)23-25-10-5-3-6-11-25/h2-8,10-17H,1,9,18-24H2. The van der Waals surface area contributed by atoms with E-state index in [9.17, 15) is 4.79 Å². The molecule has 3 aromatic rings. The summed E-state index contributed by atoms with van der Waals surface area (Å²) < 4.78 is 11.3. The lowest BCUT2D eigenvalue weighted by molar-refractivity contribution is -0.145. The number of benzene rings is 3. The van der Waals surface area contributed by atoms with Crippen LogP contribution in [0.4, 0.5) is 0 Å². The van der Waals surface area contributed by atoms with E-state index in [1.54, 1.807) is 0 Å². The second-order valence-electron chi connectivity index (χ2n) is 7.99. The molecule has 172 valence electrons. The van der Waals surface area contributed by atoms with Gasteiger partial charge in [0, 0.05) is 19.6 Å². The van der Waals surface area contributed by atoms with Crippen LogP contribution in [-0.4, -0.2) is 37.1 Å². The molecule has 0 N–H and O–H groups in total. The summed E-state index contributed by atoms with van der Waals surface area (Å²) in [5.74, 6) is 0.700. The molecule has 0 heterocycles. The van der Waals surface area contributed by atoms with E-state index in [4.69, 9.17) is 9.47 Å². The molecule has 0 atom stereocenters. The van der Waals surface area contributed by atoms with Crippen molar-refractivity contribution in [2.45, 2.75) is 25.9 Å². The summed E-state index contributed by atoms with van der Waals surface area (Å²) in [6.07, 6.45) is 4.02. The van der Waals surface area contributed by atoms with E-state index < -0.39 is 0 Å². The zero-order valence-electron chi connectivity index (χ0n) is 19.2. The first-order valence-corrected chi connectivity index (χ1v) is 11.5. The topological polar surface area (TPSA) is 38.8 Å². The Morgan fingerprint density at radius 2 is 1.45 bits per heavy atom. The summed E-state index contributed by atoms with van der Waals surface area (Å²) in [5, 5.41) is 0. The molecule has 4 heteroatoms. The Labute approximate surface area is 197 Å². The van der Waals surface area contributed by atoms with Crippen LogP contribution in [0.15, 0.2) is 97.6 Å². The molecule has 0 aliphatic rings. The minimum absolute atomic E-state index is 0.181. The molecule has 4 nitrogen and oxygen atoms in total. The molecule has 0 saturated carbocycles. The van der Waals surface area contributed by atoms with Gasteiger partial charge >= 0.3 is 5.97 Å². The molecular formula is C29H33NO3. The Kier molecular flexibility index (Phi) is 10.2. The Morgan fingerprint density at radius 3 is 2.12 bits per heavy atom. The molecule has 0 bridgehead atoms. The molecule has 0 aliphatic carbocycles. The molecule has 0 aromatic heterocycles. The van der Waals surface area contributed by atoms with Crippen LogP contribution in [0.5, 0.6) is 5.75 Å². The van der Waals surface area contributed by atoms with E-state index in [2.05, 4.69) is 47.9 Å². The van der Waals surface area contributed by atoms with Gasteiger partial charge in [-0.3, -0.25) is 9.69 Å². The molecule has 0 spiro atoms. The monoisotopic (exact) mass is 443 g/mol. The Hall–Kier alpha value is -3.37. The van der Waals surface area contributed by atoms with Gasteiger partial charge in [-0.2, -0.15) is 0 Å². The third-order valence-electron chi connectivity index (χ3n) is 5.32. The van der Waals surface area contributed by atoms with E-state index in [1.165, 1.54) is 11.1 Å². The maximum absolute atomic E-state index is 12.1. The zero-order chi connectivity index (χ0) is 23.1. The SMILES string of the molecule is C=CCN(CCCOc1ccc(Cc2ccccc2)cc1)CCC(=O)OCc1ccccc1. The van der Waals surface area contributed by atoms with Gasteiger partial charge in [0.25, 0.3) is 0 Å². The number of ether oxygens (including phenoxy) is 2. The van der Waals surface area contributed by atoms with Crippen LogP contribution < -0.4 is 4.74 Å². The first-order valence-electron chi connectivity index (χ1n) is 11.5. The maximum Gasteiger partial charge on any atom is 0.307 e. The Morgan fingerprint density at radius 1 is 0.818 bits per heavy atom. The van der Waals surface area contributed by atoms with Gasteiger partial charge in [0.05, 0.1) is 13.0 Å². The van der Waals surface area contributed by atoms with Crippen LogP contribution in [0.2, 0.25) is 0 Å². The van der Waals surface area contributed by atoms with Gasteiger partial charge in [0.1, 0.15) is 12.4 Å². The van der Waals surface area contributed by atoms with Crippen molar-refractivity contribution < 1.29 is 14.3 Å². The Balaban J connectivity index is 1.33. The summed E-state index contributed by atoms with van der Waals surface area (Å²) in [4.78, 5) is 14.3. The lowest BCUT2D eigenvalue weighted by Crippen LogP contribution is -2.29. The van der Waals surface area contributed by atoms with Gasteiger partial charge in [0.2, 0.25) is 0 Å². The Bertz CT molecular complexity index is 955. The number of hydrogen-bond donors (Lipinski definition) is 0. The number of carbonyl (C=O) groups excluding carboxylic acids is 1. The largest absolute Gasteiger partial charge is 0.494 e. The third kappa shape index (κ3) is 9.34. The van der Waals surface area contributed by atoms with Crippen LogP contribution in [-0.2, 0) is 22.6 Å². The van der Waals surface area contributed by atoms with E-state index in [0.717, 1.165) is 37.2 Å². The van der Waals surface area contributed by atoms with Crippen molar-refractivity contribution in [1.82, 2.24) is 4.90 Å². The van der Waals surface area contributed by atoms with E-state index >= 15 is 0 Å². The molecule has 0 unspecified atom stereocenters. The molecular weight excluding hydrogens is 410 g/mol. The fraction of sp³-hybridized carbons (Fsp3) is 0.276. The molecule has 0 radical (unpaired) electrons. The van der Waals surface area contributed by atoms with Gasteiger partial charge < -0.3 is 9.47 Å². The van der Waals surface area contributed by atoms with Crippen molar-refractivity contribution in [3.63, 3.8) is 0 Å². The molecule has 0 saturated heterocycles. The van der Waals surface area contributed by atoms with Crippen molar-refractivity contribution in [2.75, 3.05) is 26.2 Å². The van der Waals surface area contributed by atoms with Gasteiger partial charge in [-0.25, -0.2) is 0 Å². The summed E-state index contributed by atoms with van der Waals surface area (Å²) in [7, 11) is 0. The quantitative estimate of drug-likeness (QED) is 0.183. The van der Waals surface area contributed by atoms with Crippen LogP contribution in [0.1, 0.15) is 29.5 Å². The highest BCUT2D eigenvalue weighted by Crippen LogP contribution is 2.15. The van der Waals surface area contributed by atoms with Crippen LogP contribution in [0.3, 0.4) is 0 Å². The van der Waals surface area contributed by atoms with E-state index in [0.29, 0.717) is 26.2 Å². The summed E-state index contributed by atoms with van der Waals surface area (Å²) >= 11 is 0. The lowest BCUT2D eigenvalue weighted by Gasteiger charge is -2.20. The normalized spacial score (nSPS) is 10.7. The summed E-state index contributed by atoms with van der Waals surface area (Å²) in [6, 6.07) is 28.5. The molecule has 0 aliphatic heterocycles. The highest BCUT2D eigenvalue weighted by molar-refractivity contribution is 5.69. The zero-order valence-corrected chi connectivity index (χ0v) is 19.2. The maximum atomic E-state index is 12.1. The average Bonchev–Trinajstić information content (AvgIpc) is 2.86. The minimum atomic E-state index is -0.181. The predicted molar refractivity (Wildman–Crippen MR) is 133 cm³/mol. The van der Waals surface area contributed by atoms with E-state index in [-0.39, 0.29) is 5.97 Å². The molecule has 33 heavy (non-hydrogen) atoms. The highest BCUT2D eigenvalue weighted by atomic mass is 16.5. The highest BCUT2D eigenvalue weighted by Gasteiger charge is 2.09. The third-order valence-corrected chi connectivity index (χ3v) is 5.32. The fourth-order valence-corrected chi connectivity index (χ4v) is 3.55. The molecule has 0 amide bonds. The van der Waals surface area contributed by atoms with Gasteiger partial charge in [-0.05, 0) is 41.7 Å². The first-order chi connectivity index (χ1) is 16.2. The van der Waals surface area contributed by atoms with Crippen molar-refractivity contribution in [2.24, 2.45) is 0 Å². The summed E-state index contributed by atoms with van der Waals surface area (Å²) in [6.45, 7) is 7.00. The van der Waals surface area contributed by atoms with E-state index in [1.807, 2.05) is 54.6 Å².